The summed E-state index contributed by atoms with van der Waals surface area (Å²) in [5.74, 6) is 0.876. The zero-order chi connectivity index (χ0) is 12.0. The largest absolute Gasteiger partial charge is 0.494 e. The minimum atomic E-state index is 0.203. The van der Waals surface area contributed by atoms with Crippen molar-refractivity contribution in [2.45, 2.75) is 19.4 Å². The van der Waals surface area contributed by atoms with Gasteiger partial charge in [0.15, 0.2) is 0 Å². The number of carbonyl (C=O) groups is 1. The summed E-state index contributed by atoms with van der Waals surface area (Å²) in [5.41, 5.74) is 0.533. The molecule has 0 bridgehead atoms. The number of carbonyl (C=O) groups excluding carboxylic acids is 1. The summed E-state index contributed by atoms with van der Waals surface area (Å²) in [4.78, 5) is 10.8. The summed E-state index contributed by atoms with van der Waals surface area (Å²) < 4.78 is 1.82. The van der Waals surface area contributed by atoms with Crippen molar-refractivity contribution in [3.8, 4) is 5.88 Å². The molecule has 0 amide bonds. The first kappa shape index (κ1) is 10.7. The molecule has 1 aliphatic carbocycles. The maximum atomic E-state index is 10.8. The number of hydrogen-bond acceptors (Lipinski definition) is 2. The van der Waals surface area contributed by atoms with Crippen LogP contribution in [0, 0.1) is 5.92 Å². The molecule has 0 aliphatic heterocycles. The number of aromatic hydroxyl groups is 1. The third kappa shape index (κ3) is 1.80. The molecule has 4 heteroatoms. The maximum absolute atomic E-state index is 10.8. The molecule has 1 fully saturated rings. The molecule has 0 spiro atoms. The highest BCUT2D eigenvalue weighted by molar-refractivity contribution is 6.36. The molecule has 0 radical (unpaired) electrons. The van der Waals surface area contributed by atoms with Crippen LogP contribution in [0.2, 0.25) is 5.02 Å². The Morgan fingerprint density at radius 1 is 1.47 bits per heavy atom. The Labute approximate surface area is 104 Å². The van der Waals surface area contributed by atoms with E-state index in [1.807, 2.05) is 10.8 Å². The average molecular weight is 250 g/mol. The van der Waals surface area contributed by atoms with Gasteiger partial charge in [0.25, 0.3) is 0 Å². The molecule has 1 saturated carbocycles. The lowest BCUT2D eigenvalue weighted by atomic mass is 10.1. The van der Waals surface area contributed by atoms with Crippen LogP contribution in [-0.4, -0.2) is 16.0 Å². The molecule has 1 N–H and O–H groups in total. The average Bonchev–Trinajstić information content (AvgIpc) is 3.05. The van der Waals surface area contributed by atoms with Crippen LogP contribution in [0.5, 0.6) is 5.88 Å². The first-order valence-corrected chi connectivity index (χ1v) is 6.03. The van der Waals surface area contributed by atoms with Gasteiger partial charge in [-0.15, -0.1) is 0 Å². The van der Waals surface area contributed by atoms with Gasteiger partial charge in [-0.2, -0.15) is 0 Å². The fourth-order valence-electron chi connectivity index (χ4n) is 2.15. The van der Waals surface area contributed by atoms with E-state index in [-0.39, 0.29) is 5.88 Å². The first-order valence-electron chi connectivity index (χ1n) is 5.65. The van der Waals surface area contributed by atoms with Crippen molar-refractivity contribution in [3.05, 3.63) is 28.9 Å². The summed E-state index contributed by atoms with van der Waals surface area (Å²) in [5, 5.41) is 12.0. The molecule has 17 heavy (non-hydrogen) atoms. The van der Waals surface area contributed by atoms with Crippen LogP contribution in [0.4, 0.5) is 0 Å². The zero-order valence-corrected chi connectivity index (χ0v) is 9.94. The molecule has 1 aromatic carbocycles. The normalized spacial score (nSPS) is 15.4. The van der Waals surface area contributed by atoms with E-state index in [4.69, 9.17) is 11.6 Å². The van der Waals surface area contributed by atoms with E-state index in [9.17, 15) is 9.90 Å². The fourth-order valence-corrected chi connectivity index (χ4v) is 2.47. The molecule has 0 unspecified atom stereocenters. The van der Waals surface area contributed by atoms with Crippen molar-refractivity contribution in [3.63, 3.8) is 0 Å². The smallest absolute Gasteiger partial charge is 0.200 e. The highest BCUT2D eigenvalue weighted by atomic mass is 35.5. The predicted molar refractivity (Wildman–Crippen MR) is 66.7 cm³/mol. The van der Waals surface area contributed by atoms with Gasteiger partial charge in [-0.05, 0) is 30.9 Å². The fraction of sp³-hybridized carbons (Fsp3) is 0.308. The third-order valence-corrected chi connectivity index (χ3v) is 3.52. The first-order chi connectivity index (χ1) is 8.19. The Morgan fingerprint density at radius 3 is 2.88 bits per heavy atom. The van der Waals surface area contributed by atoms with Crippen molar-refractivity contribution < 1.29 is 9.90 Å². The highest BCUT2D eigenvalue weighted by Crippen LogP contribution is 2.37. The van der Waals surface area contributed by atoms with E-state index in [2.05, 4.69) is 0 Å². The standard InChI is InChI=1S/C13H12ClNO2/c14-11-4-9(7-16)3-10-6-15(5-8-1-2-8)13(17)12(10)11/h3-4,6-8,17H,1-2,5H2. The lowest BCUT2D eigenvalue weighted by Gasteiger charge is -2.02. The van der Waals surface area contributed by atoms with Crippen LogP contribution in [-0.2, 0) is 6.54 Å². The van der Waals surface area contributed by atoms with Crippen molar-refractivity contribution >= 4 is 28.7 Å². The van der Waals surface area contributed by atoms with Crippen molar-refractivity contribution in [1.82, 2.24) is 4.57 Å². The second-order valence-electron chi connectivity index (χ2n) is 4.63. The Bertz CT molecular complexity index is 599. The lowest BCUT2D eigenvalue weighted by molar-refractivity contribution is 0.112. The summed E-state index contributed by atoms with van der Waals surface area (Å²) >= 11 is 6.08. The van der Waals surface area contributed by atoms with Gasteiger partial charge in [0, 0.05) is 23.7 Å². The Balaban J connectivity index is 2.16. The minimum absolute atomic E-state index is 0.203. The van der Waals surface area contributed by atoms with E-state index >= 15 is 0 Å². The van der Waals surface area contributed by atoms with Crippen molar-refractivity contribution in [2.75, 3.05) is 0 Å². The van der Waals surface area contributed by atoms with Crippen molar-refractivity contribution in [2.24, 2.45) is 5.92 Å². The van der Waals surface area contributed by atoms with Crippen LogP contribution in [0.1, 0.15) is 23.2 Å². The number of hydrogen-bond donors (Lipinski definition) is 1. The number of benzene rings is 1. The van der Waals surface area contributed by atoms with Crippen LogP contribution in [0.25, 0.3) is 10.8 Å². The molecule has 1 aliphatic rings. The van der Waals surface area contributed by atoms with Gasteiger partial charge < -0.3 is 9.67 Å². The van der Waals surface area contributed by atoms with Gasteiger partial charge in [0.05, 0.1) is 10.4 Å². The molecule has 0 atom stereocenters. The second-order valence-corrected chi connectivity index (χ2v) is 5.04. The van der Waals surface area contributed by atoms with Crippen LogP contribution in [0.3, 0.4) is 0 Å². The maximum Gasteiger partial charge on any atom is 0.200 e. The van der Waals surface area contributed by atoms with Gasteiger partial charge in [-0.25, -0.2) is 0 Å². The zero-order valence-electron chi connectivity index (χ0n) is 9.19. The molecule has 1 heterocycles. The molecular weight excluding hydrogens is 238 g/mol. The quantitative estimate of drug-likeness (QED) is 0.849. The number of nitrogens with zero attached hydrogens (tertiary/aromatic N) is 1. The third-order valence-electron chi connectivity index (χ3n) is 3.22. The lowest BCUT2D eigenvalue weighted by Crippen LogP contribution is -1.96. The Kier molecular flexibility index (Phi) is 2.37. The van der Waals surface area contributed by atoms with Gasteiger partial charge in [-0.3, -0.25) is 4.79 Å². The monoisotopic (exact) mass is 249 g/mol. The van der Waals surface area contributed by atoms with Crippen LogP contribution < -0.4 is 0 Å². The number of fused-ring (bicyclic) bond motifs is 1. The van der Waals surface area contributed by atoms with Crippen LogP contribution in [0.15, 0.2) is 18.3 Å². The number of rotatable bonds is 3. The van der Waals surface area contributed by atoms with Gasteiger partial charge in [0.2, 0.25) is 5.88 Å². The molecule has 2 aromatic rings. The minimum Gasteiger partial charge on any atom is -0.494 e. The summed E-state index contributed by atoms with van der Waals surface area (Å²) in [6.07, 6.45) is 5.07. The molecule has 88 valence electrons. The summed E-state index contributed by atoms with van der Waals surface area (Å²) in [6.45, 7) is 0.827. The van der Waals surface area contributed by atoms with Crippen LogP contribution >= 0.6 is 11.6 Å². The number of aldehydes is 1. The molecule has 1 aromatic heterocycles. The van der Waals surface area contributed by atoms with E-state index in [1.165, 1.54) is 12.8 Å². The van der Waals surface area contributed by atoms with Crippen molar-refractivity contribution in [1.29, 1.82) is 0 Å². The Hall–Kier alpha value is -1.48. The van der Waals surface area contributed by atoms with E-state index in [0.717, 1.165) is 18.2 Å². The Morgan fingerprint density at radius 2 is 2.24 bits per heavy atom. The summed E-state index contributed by atoms with van der Waals surface area (Å²) in [7, 11) is 0. The van der Waals surface area contributed by atoms with Gasteiger partial charge >= 0.3 is 0 Å². The topological polar surface area (TPSA) is 42.2 Å². The second kappa shape index (κ2) is 3.77. The summed E-state index contributed by atoms with van der Waals surface area (Å²) in [6, 6.07) is 3.33. The SMILES string of the molecule is O=Cc1cc(Cl)c2c(O)n(CC3CC3)cc2c1. The molecular formula is C13H12ClNO2. The molecule has 0 saturated heterocycles. The highest BCUT2D eigenvalue weighted by Gasteiger charge is 2.23. The number of aromatic nitrogens is 1. The van der Waals surface area contributed by atoms with E-state index < -0.39 is 0 Å². The van der Waals surface area contributed by atoms with Gasteiger partial charge in [0.1, 0.15) is 6.29 Å². The van der Waals surface area contributed by atoms with Gasteiger partial charge in [-0.1, -0.05) is 11.6 Å². The molecule has 3 nitrogen and oxygen atoms in total. The predicted octanol–water partition coefficient (Wildman–Crippen LogP) is 3.22. The van der Waals surface area contributed by atoms with E-state index in [0.29, 0.717) is 21.9 Å². The van der Waals surface area contributed by atoms with E-state index in [1.54, 1.807) is 12.1 Å². The molecule has 3 rings (SSSR count). The number of halogens is 1.